The molecule has 2 aromatic heterocycles. The van der Waals surface area contributed by atoms with Crippen molar-refractivity contribution in [2.45, 2.75) is 6.92 Å². The molecule has 4 heteroatoms. The Morgan fingerprint density at radius 2 is 2.00 bits per heavy atom. The van der Waals surface area contributed by atoms with Gasteiger partial charge < -0.3 is 5.73 Å². The Bertz CT molecular complexity index is 668. The number of aryl methyl sites for hydroxylation is 1. The largest absolute Gasteiger partial charge is 0.384 e. The Kier molecular flexibility index (Phi) is 2.64. The third-order valence-corrected chi connectivity index (χ3v) is 3.75. The molecule has 0 atom stereocenters. The fraction of sp³-hybridized carbons (Fsp3) is 0.0714. The van der Waals surface area contributed by atoms with Gasteiger partial charge in [0, 0.05) is 6.07 Å². The second kappa shape index (κ2) is 4.31. The van der Waals surface area contributed by atoms with E-state index >= 15 is 0 Å². The number of hydrogen-bond acceptors (Lipinski definition) is 3. The first-order chi connectivity index (χ1) is 8.75. The summed E-state index contributed by atoms with van der Waals surface area (Å²) in [5.74, 6) is 0.660. The highest BCUT2D eigenvalue weighted by Crippen LogP contribution is 2.27. The minimum absolute atomic E-state index is 0.660. The molecule has 0 spiro atoms. The molecule has 0 aliphatic rings. The third kappa shape index (κ3) is 1.80. The van der Waals surface area contributed by atoms with Crippen molar-refractivity contribution < 1.29 is 0 Å². The number of para-hydroxylation sites is 1. The number of nitrogens with zero attached hydrogens (tertiary/aromatic N) is 2. The predicted molar refractivity (Wildman–Crippen MR) is 76.0 cm³/mol. The summed E-state index contributed by atoms with van der Waals surface area (Å²) in [7, 11) is 0. The summed E-state index contributed by atoms with van der Waals surface area (Å²) >= 11 is 1.67. The Morgan fingerprint density at radius 1 is 1.17 bits per heavy atom. The summed E-state index contributed by atoms with van der Waals surface area (Å²) < 4.78 is 1.80. The first-order valence-corrected chi connectivity index (χ1v) is 6.59. The molecule has 1 aromatic carbocycles. The highest BCUT2D eigenvalue weighted by Gasteiger charge is 2.10. The highest BCUT2D eigenvalue weighted by atomic mass is 32.1. The Balaban J connectivity index is 2.12. The monoisotopic (exact) mass is 255 g/mol. The molecule has 2 N–H and O–H groups in total. The molecule has 0 amide bonds. The van der Waals surface area contributed by atoms with Crippen LogP contribution in [0.4, 0.5) is 5.82 Å². The summed E-state index contributed by atoms with van der Waals surface area (Å²) in [6.07, 6.45) is 0. The van der Waals surface area contributed by atoms with Gasteiger partial charge in [-0.15, -0.1) is 11.3 Å². The zero-order chi connectivity index (χ0) is 12.5. The number of aromatic nitrogens is 2. The molecule has 0 aliphatic heterocycles. The molecule has 18 heavy (non-hydrogen) atoms. The predicted octanol–water partition coefficient (Wildman–Crippen LogP) is 3.49. The SMILES string of the molecule is Cc1ccccc1-n1nc(-c2cccs2)cc1N. The maximum Gasteiger partial charge on any atom is 0.127 e. The summed E-state index contributed by atoms with van der Waals surface area (Å²) in [6.45, 7) is 2.06. The number of benzene rings is 1. The van der Waals surface area contributed by atoms with Crippen LogP contribution in [0.5, 0.6) is 0 Å². The van der Waals surface area contributed by atoms with E-state index in [2.05, 4.69) is 24.2 Å². The Hall–Kier alpha value is -2.07. The number of hydrogen-bond donors (Lipinski definition) is 1. The van der Waals surface area contributed by atoms with Crippen LogP contribution in [0.2, 0.25) is 0 Å². The number of rotatable bonds is 2. The normalized spacial score (nSPS) is 10.7. The van der Waals surface area contributed by atoms with Crippen LogP contribution in [0.1, 0.15) is 5.56 Å². The molecule has 0 aliphatic carbocycles. The Morgan fingerprint density at radius 3 is 2.72 bits per heavy atom. The summed E-state index contributed by atoms with van der Waals surface area (Å²) in [6, 6.07) is 14.1. The maximum absolute atomic E-state index is 6.05. The second-order valence-corrected chi connectivity index (χ2v) is 5.08. The van der Waals surface area contributed by atoms with Crippen LogP contribution in [0.3, 0.4) is 0 Å². The van der Waals surface area contributed by atoms with Crippen LogP contribution in [0.15, 0.2) is 47.8 Å². The van der Waals surface area contributed by atoms with Gasteiger partial charge in [-0.1, -0.05) is 24.3 Å². The molecule has 3 rings (SSSR count). The molecule has 0 saturated carbocycles. The van der Waals surface area contributed by atoms with E-state index in [9.17, 15) is 0 Å². The lowest BCUT2D eigenvalue weighted by Crippen LogP contribution is -2.03. The average Bonchev–Trinajstić information content (AvgIpc) is 2.99. The summed E-state index contributed by atoms with van der Waals surface area (Å²) in [4.78, 5) is 1.13. The Labute approximate surface area is 109 Å². The van der Waals surface area contributed by atoms with E-state index in [1.54, 1.807) is 16.0 Å². The lowest BCUT2D eigenvalue weighted by Gasteiger charge is -2.06. The van der Waals surface area contributed by atoms with Crippen LogP contribution in [-0.4, -0.2) is 9.78 Å². The van der Waals surface area contributed by atoms with Crippen LogP contribution in [-0.2, 0) is 0 Å². The van der Waals surface area contributed by atoms with Gasteiger partial charge in [0.15, 0.2) is 0 Å². The maximum atomic E-state index is 6.05. The van der Waals surface area contributed by atoms with E-state index in [0.29, 0.717) is 5.82 Å². The van der Waals surface area contributed by atoms with Crippen molar-refractivity contribution in [3.63, 3.8) is 0 Å². The van der Waals surface area contributed by atoms with E-state index in [1.165, 1.54) is 0 Å². The zero-order valence-corrected chi connectivity index (χ0v) is 10.8. The molecule has 0 saturated heterocycles. The van der Waals surface area contributed by atoms with Crippen molar-refractivity contribution in [2.24, 2.45) is 0 Å². The molecule has 0 unspecified atom stereocenters. The fourth-order valence-electron chi connectivity index (χ4n) is 1.93. The number of anilines is 1. The van der Waals surface area contributed by atoms with E-state index < -0.39 is 0 Å². The van der Waals surface area contributed by atoms with Gasteiger partial charge in [0.2, 0.25) is 0 Å². The number of nitrogen functional groups attached to an aromatic ring is 1. The van der Waals surface area contributed by atoms with E-state index in [-0.39, 0.29) is 0 Å². The van der Waals surface area contributed by atoms with Gasteiger partial charge in [0.1, 0.15) is 11.5 Å². The summed E-state index contributed by atoms with van der Waals surface area (Å²) in [5, 5.41) is 6.63. The first-order valence-electron chi connectivity index (χ1n) is 5.71. The third-order valence-electron chi connectivity index (χ3n) is 2.85. The van der Waals surface area contributed by atoms with Crippen LogP contribution in [0, 0.1) is 6.92 Å². The quantitative estimate of drug-likeness (QED) is 0.761. The van der Waals surface area contributed by atoms with Crippen molar-refractivity contribution in [3.8, 4) is 16.3 Å². The fourth-order valence-corrected chi connectivity index (χ4v) is 2.62. The van der Waals surface area contributed by atoms with Gasteiger partial charge in [-0.25, -0.2) is 4.68 Å². The standard InChI is InChI=1S/C14H13N3S/c1-10-5-2-3-6-12(10)17-14(15)9-11(16-17)13-7-4-8-18-13/h2-9H,15H2,1H3. The van der Waals surface area contributed by atoms with Gasteiger partial charge in [0.05, 0.1) is 10.6 Å². The molecule has 0 radical (unpaired) electrons. The van der Waals surface area contributed by atoms with Crippen LogP contribution in [0.25, 0.3) is 16.3 Å². The van der Waals surface area contributed by atoms with Gasteiger partial charge in [0.25, 0.3) is 0 Å². The molecule has 0 bridgehead atoms. The van der Waals surface area contributed by atoms with Gasteiger partial charge in [-0.3, -0.25) is 0 Å². The minimum atomic E-state index is 0.660. The topological polar surface area (TPSA) is 43.8 Å². The van der Waals surface area contributed by atoms with Crippen molar-refractivity contribution in [1.82, 2.24) is 9.78 Å². The van der Waals surface area contributed by atoms with Crippen LogP contribution >= 0.6 is 11.3 Å². The van der Waals surface area contributed by atoms with Gasteiger partial charge in [-0.05, 0) is 30.0 Å². The molecule has 0 fully saturated rings. The highest BCUT2D eigenvalue weighted by molar-refractivity contribution is 7.13. The average molecular weight is 255 g/mol. The minimum Gasteiger partial charge on any atom is -0.384 e. The van der Waals surface area contributed by atoms with Crippen molar-refractivity contribution in [3.05, 3.63) is 53.4 Å². The number of thiophene rings is 1. The molecular formula is C14H13N3S. The van der Waals surface area contributed by atoms with Crippen molar-refractivity contribution in [1.29, 1.82) is 0 Å². The van der Waals surface area contributed by atoms with E-state index in [1.807, 2.05) is 35.7 Å². The smallest absolute Gasteiger partial charge is 0.127 e. The lowest BCUT2D eigenvalue weighted by atomic mass is 10.2. The lowest BCUT2D eigenvalue weighted by molar-refractivity contribution is 0.888. The van der Waals surface area contributed by atoms with E-state index in [0.717, 1.165) is 21.8 Å². The zero-order valence-electron chi connectivity index (χ0n) is 10.00. The van der Waals surface area contributed by atoms with Crippen molar-refractivity contribution in [2.75, 3.05) is 5.73 Å². The van der Waals surface area contributed by atoms with Gasteiger partial charge >= 0.3 is 0 Å². The van der Waals surface area contributed by atoms with Crippen LogP contribution < -0.4 is 5.73 Å². The first kappa shape index (κ1) is 11.0. The number of nitrogens with two attached hydrogens (primary N) is 1. The molecule has 3 aromatic rings. The van der Waals surface area contributed by atoms with Gasteiger partial charge in [-0.2, -0.15) is 5.10 Å². The van der Waals surface area contributed by atoms with E-state index in [4.69, 9.17) is 5.73 Å². The molecular weight excluding hydrogens is 242 g/mol. The molecule has 90 valence electrons. The molecule has 3 nitrogen and oxygen atoms in total. The summed E-state index contributed by atoms with van der Waals surface area (Å²) in [5.41, 5.74) is 9.16. The van der Waals surface area contributed by atoms with Crippen molar-refractivity contribution >= 4 is 17.2 Å². The second-order valence-electron chi connectivity index (χ2n) is 4.13. The molecule has 2 heterocycles.